The lowest BCUT2D eigenvalue weighted by Crippen LogP contribution is -2.46. The van der Waals surface area contributed by atoms with E-state index in [0.717, 1.165) is 30.8 Å². The third kappa shape index (κ3) is 3.27. The molecule has 2 fully saturated rings. The number of hydrogen-bond acceptors (Lipinski definition) is 5. The van der Waals surface area contributed by atoms with Crippen LogP contribution in [0.4, 0.5) is 0 Å². The SMILES string of the molecule is Cc1cc(=O)n(C(=O)CN2CCCC(C3CCCN3)C2)o1. The van der Waals surface area contributed by atoms with Crippen molar-refractivity contribution < 1.29 is 9.32 Å². The Hall–Kier alpha value is -1.40. The van der Waals surface area contributed by atoms with Gasteiger partial charge in [0.25, 0.3) is 11.5 Å². The van der Waals surface area contributed by atoms with E-state index in [1.807, 2.05) is 0 Å². The average Bonchev–Trinajstić information content (AvgIpc) is 3.08. The zero-order valence-corrected chi connectivity index (χ0v) is 12.5. The Balaban J connectivity index is 1.60. The lowest BCUT2D eigenvalue weighted by Gasteiger charge is -2.35. The van der Waals surface area contributed by atoms with Crippen molar-refractivity contribution >= 4 is 5.91 Å². The van der Waals surface area contributed by atoms with Crippen LogP contribution in [0.3, 0.4) is 0 Å². The minimum atomic E-state index is -0.372. The van der Waals surface area contributed by atoms with Crippen LogP contribution in [-0.2, 0) is 0 Å². The highest BCUT2D eigenvalue weighted by Crippen LogP contribution is 2.24. The van der Waals surface area contributed by atoms with Crippen LogP contribution < -0.4 is 10.9 Å². The Morgan fingerprint density at radius 2 is 2.29 bits per heavy atom. The molecular formula is C15H23N3O3. The molecule has 6 heteroatoms. The molecule has 0 bridgehead atoms. The maximum Gasteiger partial charge on any atom is 0.290 e. The molecule has 6 nitrogen and oxygen atoms in total. The van der Waals surface area contributed by atoms with Crippen molar-refractivity contribution in [3.05, 3.63) is 22.2 Å². The van der Waals surface area contributed by atoms with E-state index in [2.05, 4.69) is 10.2 Å². The zero-order chi connectivity index (χ0) is 14.8. The van der Waals surface area contributed by atoms with Crippen LogP contribution in [-0.4, -0.2) is 47.8 Å². The summed E-state index contributed by atoms with van der Waals surface area (Å²) in [6.45, 7) is 4.90. The molecule has 116 valence electrons. The van der Waals surface area contributed by atoms with E-state index in [1.165, 1.54) is 25.3 Å². The molecule has 0 saturated carbocycles. The van der Waals surface area contributed by atoms with E-state index in [-0.39, 0.29) is 18.0 Å². The molecule has 3 rings (SSSR count). The summed E-state index contributed by atoms with van der Waals surface area (Å²) in [6.07, 6.45) is 4.83. The smallest absolute Gasteiger partial charge is 0.290 e. The van der Waals surface area contributed by atoms with Crippen LogP contribution in [0.25, 0.3) is 0 Å². The van der Waals surface area contributed by atoms with E-state index < -0.39 is 0 Å². The quantitative estimate of drug-likeness (QED) is 0.895. The van der Waals surface area contributed by atoms with E-state index in [4.69, 9.17) is 4.52 Å². The molecule has 2 unspecified atom stereocenters. The van der Waals surface area contributed by atoms with Gasteiger partial charge in [-0.2, -0.15) is 0 Å². The molecule has 2 aliphatic heterocycles. The molecule has 2 saturated heterocycles. The molecule has 0 spiro atoms. The molecule has 1 N–H and O–H groups in total. The first kappa shape index (κ1) is 14.5. The maximum atomic E-state index is 12.2. The fraction of sp³-hybridized carbons (Fsp3) is 0.733. The summed E-state index contributed by atoms with van der Waals surface area (Å²) < 4.78 is 6.04. The van der Waals surface area contributed by atoms with Gasteiger partial charge in [0.05, 0.1) is 6.54 Å². The first-order chi connectivity index (χ1) is 10.1. The van der Waals surface area contributed by atoms with Gasteiger partial charge in [-0.05, 0) is 51.6 Å². The molecule has 2 aliphatic rings. The maximum absolute atomic E-state index is 12.2. The number of carbonyl (C=O) groups is 1. The molecule has 0 aliphatic carbocycles. The van der Waals surface area contributed by atoms with Crippen LogP contribution >= 0.6 is 0 Å². The minimum absolute atomic E-state index is 0.260. The van der Waals surface area contributed by atoms with Gasteiger partial charge in [-0.25, -0.2) is 0 Å². The van der Waals surface area contributed by atoms with Crippen molar-refractivity contribution in [2.45, 2.75) is 38.6 Å². The Morgan fingerprint density at radius 1 is 1.43 bits per heavy atom. The highest BCUT2D eigenvalue weighted by atomic mass is 16.5. The lowest BCUT2D eigenvalue weighted by atomic mass is 9.90. The number of aryl methyl sites for hydroxylation is 1. The van der Waals surface area contributed by atoms with Gasteiger partial charge in [0.1, 0.15) is 5.76 Å². The number of aromatic nitrogens is 1. The molecule has 1 aromatic heterocycles. The van der Waals surface area contributed by atoms with Gasteiger partial charge in [0.15, 0.2) is 0 Å². The van der Waals surface area contributed by atoms with Gasteiger partial charge in [-0.3, -0.25) is 14.5 Å². The van der Waals surface area contributed by atoms with Crippen molar-refractivity contribution in [3.63, 3.8) is 0 Å². The summed E-state index contributed by atoms with van der Waals surface area (Å²) in [7, 11) is 0. The molecule has 0 radical (unpaired) electrons. The van der Waals surface area contributed by atoms with Crippen LogP contribution in [0, 0.1) is 12.8 Å². The van der Waals surface area contributed by atoms with Crippen LogP contribution in [0.1, 0.15) is 36.2 Å². The van der Waals surface area contributed by atoms with Gasteiger partial charge in [0, 0.05) is 18.7 Å². The van der Waals surface area contributed by atoms with Crippen molar-refractivity contribution in [2.24, 2.45) is 5.92 Å². The number of rotatable bonds is 3. The average molecular weight is 293 g/mol. The Morgan fingerprint density at radius 3 is 2.95 bits per heavy atom. The largest absolute Gasteiger partial charge is 0.373 e. The summed E-state index contributed by atoms with van der Waals surface area (Å²) in [4.78, 5) is 26.0. The number of piperidine rings is 1. The number of carbonyl (C=O) groups excluding carboxylic acids is 1. The predicted octanol–water partition coefficient (Wildman–Crippen LogP) is 0.854. The molecule has 21 heavy (non-hydrogen) atoms. The first-order valence-electron chi connectivity index (χ1n) is 7.82. The third-order valence-corrected chi connectivity index (χ3v) is 4.56. The number of nitrogens with zero attached hydrogens (tertiary/aromatic N) is 2. The van der Waals surface area contributed by atoms with Crippen LogP contribution in [0.15, 0.2) is 15.4 Å². The molecule has 3 heterocycles. The first-order valence-corrected chi connectivity index (χ1v) is 7.82. The number of nitrogens with one attached hydrogen (secondary N) is 1. The molecule has 0 aromatic carbocycles. The molecule has 1 aromatic rings. The fourth-order valence-corrected chi connectivity index (χ4v) is 3.55. The number of likely N-dealkylation sites (tertiary alicyclic amines) is 1. The Labute approximate surface area is 124 Å². The fourth-order valence-electron chi connectivity index (χ4n) is 3.55. The highest BCUT2D eigenvalue weighted by Gasteiger charge is 2.30. The van der Waals surface area contributed by atoms with E-state index in [0.29, 0.717) is 17.7 Å². The van der Waals surface area contributed by atoms with Gasteiger partial charge in [-0.15, -0.1) is 4.74 Å². The standard InChI is InChI=1S/C15H23N3O3/c1-11-8-14(19)18(21-11)15(20)10-17-7-3-4-12(9-17)13-5-2-6-16-13/h8,12-13,16H,2-7,9-10H2,1H3. The van der Waals surface area contributed by atoms with Crippen LogP contribution in [0.5, 0.6) is 0 Å². The van der Waals surface area contributed by atoms with E-state index >= 15 is 0 Å². The molecule has 2 atom stereocenters. The molecule has 0 amide bonds. The lowest BCUT2D eigenvalue weighted by molar-refractivity contribution is 0.0661. The van der Waals surface area contributed by atoms with Crippen molar-refractivity contribution in [3.8, 4) is 0 Å². The summed E-state index contributed by atoms with van der Waals surface area (Å²) in [5, 5.41) is 3.56. The summed E-state index contributed by atoms with van der Waals surface area (Å²) in [5.74, 6) is 0.817. The predicted molar refractivity (Wildman–Crippen MR) is 78.5 cm³/mol. The van der Waals surface area contributed by atoms with Crippen molar-refractivity contribution in [1.29, 1.82) is 0 Å². The molecular weight excluding hydrogens is 270 g/mol. The summed E-state index contributed by atoms with van der Waals surface area (Å²) in [5.41, 5.74) is -0.372. The monoisotopic (exact) mass is 293 g/mol. The number of hydrogen-bond donors (Lipinski definition) is 1. The van der Waals surface area contributed by atoms with Gasteiger partial charge in [0.2, 0.25) is 0 Å². The highest BCUT2D eigenvalue weighted by molar-refractivity contribution is 5.79. The van der Waals surface area contributed by atoms with Gasteiger partial charge < -0.3 is 9.84 Å². The summed E-state index contributed by atoms with van der Waals surface area (Å²) in [6, 6.07) is 1.94. The third-order valence-electron chi connectivity index (χ3n) is 4.56. The van der Waals surface area contributed by atoms with E-state index in [1.54, 1.807) is 6.92 Å². The van der Waals surface area contributed by atoms with Gasteiger partial charge >= 0.3 is 0 Å². The van der Waals surface area contributed by atoms with Crippen molar-refractivity contribution in [2.75, 3.05) is 26.2 Å². The Kier molecular flexibility index (Phi) is 4.26. The normalized spacial score (nSPS) is 27.1. The van der Waals surface area contributed by atoms with Crippen molar-refractivity contribution in [1.82, 2.24) is 15.0 Å². The topological polar surface area (TPSA) is 67.5 Å². The Bertz CT molecular complexity index is 557. The second-order valence-corrected chi connectivity index (χ2v) is 6.21. The van der Waals surface area contributed by atoms with E-state index in [9.17, 15) is 9.59 Å². The van der Waals surface area contributed by atoms with Crippen LogP contribution in [0.2, 0.25) is 0 Å². The summed E-state index contributed by atoms with van der Waals surface area (Å²) >= 11 is 0. The zero-order valence-electron chi connectivity index (χ0n) is 12.5. The minimum Gasteiger partial charge on any atom is -0.373 e. The van der Waals surface area contributed by atoms with Gasteiger partial charge in [-0.1, -0.05) is 0 Å². The second kappa shape index (κ2) is 6.15. The second-order valence-electron chi connectivity index (χ2n) is 6.21.